The molecule has 0 heterocycles. The van der Waals surface area contributed by atoms with E-state index in [4.69, 9.17) is 4.74 Å². The molecular weight excluding hydrogens is 252 g/mol. The third kappa shape index (κ3) is 3.17. The average Bonchev–Trinajstić information content (AvgIpc) is 2.82. The van der Waals surface area contributed by atoms with Crippen LogP contribution in [0.1, 0.15) is 52.4 Å². The third-order valence-electron chi connectivity index (χ3n) is 5.22. The maximum atomic E-state index is 12.2. The van der Waals surface area contributed by atoms with Gasteiger partial charge >= 0.3 is 5.97 Å². The van der Waals surface area contributed by atoms with Crippen LogP contribution < -0.4 is 5.32 Å². The summed E-state index contributed by atoms with van der Waals surface area (Å²) in [5.41, 5.74) is -0.443. The summed E-state index contributed by atoms with van der Waals surface area (Å²) < 4.78 is 5.05. The van der Waals surface area contributed by atoms with Crippen LogP contribution in [0.3, 0.4) is 0 Å². The largest absolute Gasteiger partial charge is 0.468 e. The third-order valence-corrected chi connectivity index (χ3v) is 5.22. The zero-order chi connectivity index (χ0) is 14.6. The average molecular weight is 282 g/mol. The van der Waals surface area contributed by atoms with E-state index in [0.717, 1.165) is 38.3 Å². The van der Waals surface area contributed by atoms with E-state index in [1.165, 1.54) is 32.9 Å². The van der Waals surface area contributed by atoms with Crippen molar-refractivity contribution in [3.05, 3.63) is 0 Å². The molecule has 2 unspecified atom stereocenters. The predicted molar refractivity (Wildman–Crippen MR) is 80.7 cm³/mol. The van der Waals surface area contributed by atoms with Crippen molar-refractivity contribution in [2.24, 2.45) is 5.92 Å². The second-order valence-electron chi connectivity index (χ2n) is 6.39. The van der Waals surface area contributed by atoms with Crippen LogP contribution >= 0.6 is 0 Å². The highest BCUT2D eigenvalue weighted by Gasteiger charge is 2.47. The Bertz CT molecular complexity index is 330. The molecule has 1 N–H and O–H groups in total. The van der Waals surface area contributed by atoms with Crippen molar-refractivity contribution in [3.8, 4) is 0 Å². The first kappa shape index (κ1) is 15.8. The van der Waals surface area contributed by atoms with Gasteiger partial charge in [-0.05, 0) is 51.1 Å². The standard InChI is InChI=1S/C16H30N2O2/c1-4-17-16(15(19)20-3)10-9-14(11-16)18(5-2)12-13-7-6-8-13/h13-14,17H,4-12H2,1-3H3. The van der Waals surface area contributed by atoms with Gasteiger partial charge in [-0.25, -0.2) is 0 Å². The lowest BCUT2D eigenvalue weighted by Crippen LogP contribution is -2.52. The first-order chi connectivity index (χ1) is 9.65. The molecule has 2 fully saturated rings. The summed E-state index contributed by atoms with van der Waals surface area (Å²) in [7, 11) is 1.50. The van der Waals surface area contributed by atoms with Crippen molar-refractivity contribution in [2.75, 3.05) is 26.7 Å². The molecule has 116 valence electrons. The Hall–Kier alpha value is -0.610. The maximum absolute atomic E-state index is 12.2. The Balaban J connectivity index is 1.98. The van der Waals surface area contributed by atoms with Gasteiger partial charge in [0.25, 0.3) is 0 Å². The van der Waals surface area contributed by atoms with Crippen LogP contribution in [0.5, 0.6) is 0 Å². The molecule has 2 saturated carbocycles. The van der Waals surface area contributed by atoms with E-state index in [9.17, 15) is 4.79 Å². The van der Waals surface area contributed by atoms with Crippen LogP contribution in [0.2, 0.25) is 0 Å². The van der Waals surface area contributed by atoms with Crippen molar-refractivity contribution >= 4 is 5.97 Å². The number of nitrogens with zero attached hydrogens (tertiary/aromatic N) is 1. The molecule has 2 aliphatic rings. The van der Waals surface area contributed by atoms with Crippen molar-refractivity contribution in [2.45, 2.75) is 64.0 Å². The number of hydrogen-bond donors (Lipinski definition) is 1. The van der Waals surface area contributed by atoms with Crippen LogP contribution in [-0.2, 0) is 9.53 Å². The zero-order valence-corrected chi connectivity index (χ0v) is 13.3. The van der Waals surface area contributed by atoms with Crippen LogP contribution in [-0.4, -0.2) is 49.2 Å². The minimum absolute atomic E-state index is 0.0819. The monoisotopic (exact) mass is 282 g/mol. The van der Waals surface area contributed by atoms with Gasteiger partial charge in [-0.1, -0.05) is 20.3 Å². The molecule has 0 aromatic rings. The fourth-order valence-electron chi connectivity index (χ4n) is 3.83. The maximum Gasteiger partial charge on any atom is 0.326 e. The van der Waals surface area contributed by atoms with Crippen LogP contribution in [0.4, 0.5) is 0 Å². The molecule has 0 aromatic carbocycles. The van der Waals surface area contributed by atoms with E-state index in [1.54, 1.807) is 0 Å². The molecule has 0 bridgehead atoms. The summed E-state index contributed by atoms with van der Waals surface area (Å²) in [6.45, 7) is 7.42. The predicted octanol–water partition coefficient (Wildman–Crippen LogP) is 2.18. The summed E-state index contributed by atoms with van der Waals surface area (Å²) in [6.07, 6.45) is 7.07. The number of carbonyl (C=O) groups is 1. The quantitative estimate of drug-likeness (QED) is 0.727. The van der Waals surface area contributed by atoms with Gasteiger partial charge in [0.1, 0.15) is 5.54 Å². The first-order valence-electron chi connectivity index (χ1n) is 8.22. The van der Waals surface area contributed by atoms with Crippen LogP contribution in [0.25, 0.3) is 0 Å². The second-order valence-corrected chi connectivity index (χ2v) is 6.39. The summed E-state index contributed by atoms with van der Waals surface area (Å²) in [5.74, 6) is 0.809. The van der Waals surface area contributed by atoms with Crippen LogP contribution in [0.15, 0.2) is 0 Å². The molecule has 2 rings (SSSR count). The summed E-state index contributed by atoms with van der Waals surface area (Å²) in [5, 5.41) is 3.40. The van der Waals surface area contributed by atoms with E-state index in [1.807, 2.05) is 0 Å². The molecule has 0 aromatic heterocycles. The lowest BCUT2D eigenvalue weighted by molar-refractivity contribution is -0.148. The van der Waals surface area contributed by atoms with Crippen molar-refractivity contribution in [1.82, 2.24) is 10.2 Å². The second kappa shape index (κ2) is 6.90. The van der Waals surface area contributed by atoms with E-state index in [0.29, 0.717) is 6.04 Å². The Labute approximate surface area is 123 Å². The van der Waals surface area contributed by atoms with Gasteiger partial charge in [-0.15, -0.1) is 0 Å². The summed E-state index contributed by atoms with van der Waals surface area (Å²) >= 11 is 0. The number of ether oxygens (including phenoxy) is 1. The molecular formula is C16H30N2O2. The van der Waals surface area contributed by atoms with E-state index in [2.05, 4.69) is 24.1 Å². The summed E-state index contributed by atoms with van der Waals surface area (Å²) in [6, 6.07) is 0.527. The van der Waals surface area contributed by atoms with E-state index in [-0.39, 0.29) is 5.97 Å². The zero-order valence-electron chi connectivity index (χ0n) is 13.3. The fraction of sp³-hybridized carbons (Fsp3) is 0.938. The minimum atomic E-state index is -0.443. The lowest BCUT2D eigenvalue weighted by atomic mass is 9.84. The van der Waals surface area contributed by atoms with Gasteiger partial charge in [0.05, 0.1) is 7.11 Å². The van der Waals surface area contributed by atoms with E-state index < -0.39 is 5.54 Å². The Kier molecular flexibility index (Phi) is 5.44. The SMILES string of the molecule is CCNC1(C(=O)OC)CCC(N(CC)CC2CCC2)C1. The van der Waals surface area contributed by atoms with Crippen LogP contribution in [0, 0.1) is 5.92 Å². The number of nitrogens with one attached hydrogen (secondary N) is 1. The van der Waals surface area contributed by atoms with Gasteiger partial charge in [0, 0.05) is 12.6 Å². The molecule has 2 aliphatic carbocycles. The normalized spacial score (nSPS) is 30.5. The smallest absolute Gasteiger partial charge is 0.326 e. The Morgan fingerprint density at radius 2 is 2.10 bits per heavy atom. The molecule has 0 aliphatic heterocycles. The number of rotatable bonds is 7. The molecule has 0 radical (unpaired) electrons. The number of likely N-dealkylation sites (N-methyl/N-ethyl adjacent to an activating group) is 1. The molecule has 2 atom stereocenters. The molecule has 0 saturated heterocycles. The molecule has 0 spiro atoms. The topological polar surface area (TPSA) is 41.6 Å². The first-order valence-corrected chi connectivity index (χ1v) is 8.22. The number of carbonyl (C=O) groups excluding carboxylic acids is 1. The fourth-order valence-corrected chi connectivity index (χ4v) is 3.83. The highest BCUT2D eigenvalue weighted by molar-refractivity contribution is 5.81. The van der Waals surface area contributed by atoms with Gasteiger partial charge in [0.2, 0.25) is 0 Å². The highest BCUT2D eigenvalue weighted by Crippen LogP contribution is 2.36. The van der Waals surface area contributed by atoms with Crippen molar-refractivity contribution in [3.63, 3.8) is 0 Å². The molecule has 4 heteroatoms. The molecule has 20 heavy (non-hydrogen) atoms. The van der Waals surface area contributed by atoms with Crippen molar-refractivity contribution < 1.29 is 9.53 Å². The Morgan fingerprint density at radius 1 is 1.35 bits per heavy atom. The number of hydrogen-bond acceptors (Lipinski definition) is 4. The van der Waals surface area contributed by atoms with E-state index >= 15 is 0 Å². The highest BCUT2D eigenvalue weighted by atomic mass is 16.5. The number of methoxy groups -OCH3 is 1. The molecule has 0 amide bonds. The Morgan fingerprint density at radius 3 is 2.60 bits per heavy atom. The van der Waals surface area contributed by atoms with Gasteiger partial charge in [-0.2, -0.15) is 0 Å². The minimum Gasteiger partial charge on any atom is -0.468 e. The van der Waals surface area contributed by atoms with Gasteiger partial charge in [-0.3, -0.25) is 4.79 Å². The van der Waals surface area contributed by atoms with Crippen molar-refractivity contribution in [1.29, 1.82) is 0 Å². The van der Waals surface area contributed by atoms with Gasteiger partial charge in [0.15, 0.2) is 0 Å². The van der Waals surface area contributed by atoms with Gasteiger partial charge < -0.3 is 15.0 Å². The molecule has 4 nitrogen and oxygen atoms in total. The number of esters is 1. The lowest BCUT2D eigenvalue weighted by Gasteiger charge is -2.36. The summed E-state index contributed by atoms with van der Waals surface area (Å²) in [4.78, 5) is 14.8.